The van der Waals surface area contributed by atoms with Gasteiger partial charge in [-0.25, -0.2) is 0 Å². The maximum Gasteiger partial charge on any atom is 0.0637 e. The summed E-state index contributed by atoms with van der Waals surface area (Å²) in [4.78, 5) is 5.29. The van der Waals surface area contributed by atoms with E-state index < -0.39 is 0 Å². The van der Waals surface area contributed by atoms with Crippen LogP contribution in [-0.2, 0) is 6.42 Å². The van der Waals surface area contributed by atoms with Gasteiger partial charge in [-0.3, -0.25) is 4.98 Å². The fourth-order valence-corrected chi connectivity index (χ4v) is 3.41. The minimum atomic E-state index is -0.302. The van der Waals surface area contributed by atoms with Gasteiger partial charge in [0.05, 0.1) is 6.10 Å². The van der Waals surface area contributed by atoms with Gasteiger partial charge in [-0.2, -0.15) is 0 Å². The van der Waals surface area contributed by atoms with Gasteiger partial charge in [0, 0.05) is 23.0 Å². The van der Waals surface area contributed by atoms with Crippen LogP contribution in [0.5, 0.6) is 0 Å². The summed E-state index contributed by atoms with van der Waals surface area (Å²) >= 11 is 1.70. The van der Waals surface area contributed by atoms with Crippen molar-refractivity contribution in [2.75, 3.05) is 5.75 Å². The largest absolute Gasteiger partial charge is 0.392 e. The smallest absolute Gasteiger partial charge is 0.0637 e. The lowest BCUT2D eigenvalue weighted by Gasteiger charge is -2.10. The standard InChI is InChI=1S/C21H21NOS/c23-20(11-8-17-5-4-14-22-15-17)16-24-21-12-9-19(10-13-21)18-6-2-1-3-7-18/h1-7,9-10,12-15,20,23H,8,11,16H2. The molecule has 1 unspecified atom stereocenters. The average Bonchev–Trinajstić information content (AvgIpc) is 2.67. The number of benzene rings is 2. The number of aliphatic hydroxyl groups excluding tert-OH is 1. The number of hydrogen-bond acceptors (Lipinski definition) is 3. The van der Waals surface area contributed by atoms with Gasteiger partial charge < -0.3 is 5.11 Å². The normalized spacial score (nSPS) is 12.0. The number of hydrogen-bond donors (Lipinski definition) is 1. The first-order chi connectivity index (χ1) is 11.8. The molecule has 3 heteroatoms. The van der Waals surface area contributed by atoms with Crippen molar-refractivity contribution in [1.29, 1.82) is 0 Å². The van der Waals surface area contributed by atoms with Crippen molar-refractivity contribution >= 4 is 11.8 Å². The zero-order chi connectivity index (χ0) is 16.6. The van der Waals surface area contributed by atoms with Gasteiger partial charge in [0.25, 0.3) is 0 Å². The van der Waals surface area contributed by atoms with E-state index in [0.717, 1.165) is 12.8 Å². The first-order valence-electron chi connectivity index (χ1n) is 8.16. The van der Waals surface area contributed by atoms with Crippen molar-refractivity contribution in [2.45, 2.75) is 23.8 Å². The third-order valence-corrected chi connectivity index (χ3v) is 5.05. The maximum absolute atomic E-state index is 10.2. The summed E-state index contributed by atoms with van der Waals surface area (Å²) < 4.78 is 0. The molecule has 0 amide bonds. The highest BCUT2D eigenvalue weighted by molar-refractivity contribution is 7.99. The Morgan fingerprint density at radius 2 is 1.62 bits per heavy atom. The van der Waals surface area contributed by atoms with Crippen LogP contribution in [-0.4, -0.2) is 21.9 Å². The van der Waals surface area contributed by atoms with Gasteiger partial charge >= 0.3 is 0 Å². The summed E-state index contributed by atoms with van der Waals surface area (Å²) in [5, 5.41) is 10.2. The fourth-order valence-electron chi connectivity index (χ4n) is 2.53. The Morgan fingerprint density at radius 1 is 0.875 bits per heavy atom. The van der Waals surface area contributed by atoms with Crippen molar-refractivity contribution in [3.05, 3.63) is 84.7 Å². The molecule has 1 N–H and O–H groups in total. The van der Waals surface area contributed by atoms with Gasteiger partial charge in [0.15, 0.2) is 0 Å². The number of aryl methyl sites for hydroxylation is 1. The zero-order valence-corrected chi connectivity index (χ0v) is 14.3. The lowest BCUT2D eigenvalue weighted by atomic mass is 10.1. The third-order valence-electron chi connectivity index (χ3n) is 3.89. The van der Waals surface area contributed by atoms with Crippen molar-refractivity contribution < 1.29 is 5.11 Å². The molecule has 0 spiro atoms. The molecule has 0 aliphatic carbocycles. The molecular weight excluding hydrogens is 314 g/mol. The maximum atomic E-state index is 10.2. The number of nitrogens with zero attached hydrogens (tertiary/aromatic N) is 1. The Labute approximate surface area is 147 Å². The average molecular weight is 335 g/mol. The molecule has 0 aliphatic heterocycles. The summed E-state index contributed by atoms with van der Waals surface area (Å²) in [7, 11) is 0. The second kappa shape index (κ2) is 8.67. The highest BCUT2D eigenvalue weighted by Gasteiger charge is 2.06. The Kier molecular flexibility index (Phi) is 6.05. The van der Waals surface area contributed by atoms with Crippen molar-refractivity contribution in [1.82, 2.24) is 4.98 Å². The monoisotopic (exact) mass is 335 g/mol. The first-order valence-corrected chi connectivity index (χ1v) is 9.15. The first kappa shape index (κ1) is 16.7. The molecule has 3 aromatic rings. The lowest BCUT2D eigenvalue weighted by molar-refractivity contribution is 0.189. The molecule has 2 nitrogen and oxygen atoms in total. The summed E-state index contributed by atoms with van der Waals surface area (Å²) in [6, 6.07) is 22.9. The van der Waals surface area contributed by atoms with Crippen LogP contribution in [0.4, 0.5) is 0 Å². The van der Waals surface area contributed by atoms with E-state index in [1.807, 2.05) is 18.3 Å². The van der Waals surface area contributed by atoms with Crippen LogP contribution in [0.2, 0.25) is 0 Å². The summed E-state index contributed by atoms with van der Waals surface area (Å²) in [5.74, 6) is 0.713. The molecule has 0 radical (unpaired) electrons. The van der Waals surface area contributed by atoms with Crippen LogP contribution < -0.4 is 0 Å². The molecule has 3 rings (SSSR count). The van der Waals surface area contributed by atoms with Gasteiger partial charge in [-0.1, -0.05) is 48.5 Å². The summed E-state index contributed by atoms with van der Waals surface area (Å²) in [6.07, 6.45) is 4.96. The highest BCUT2D eigenvalue weighted by Crippen LogP contribution is 2.25. The summed E-state index contributed by atoms with van der Waals surface area (Å²) in [6.45, 7) is 0. The quantitative estimate of drug-likeness (QED) is 0.628. The van der Waals surface area contributed by atoms with E-state index in [2.05, 4.69) is 59.6 Å². The van der Waals surface area contributed by atoms with Crippen LogP contribution in [0.15, 0.2) is 84.0 Å². The predicted octanol–water partition coefficient (Wildman–Crippen LogP) is 4.83. The van der Waals surface area contributed by atoms with Crippen LogP contribution in [0.25, 0.3) is 11.1 Å². The van der Waals surface area contributed by atoms with E-state index in [-0.39, 0.29) is 6.10 Å². The molecule has 0 saturated heterocycles. The van der Waals surface area contributed by atoms with Crippen molar-refractivity contribution in [3.8, 4) is 11.1 Å². The lowest BCUT2D eigenvalue weighted by Crippen LogP contribution is -2.11. The van der Waals surface area contributed by atoms with Gasteiger partial charge in [0.2, 0.25) is 0 Å². The number of aromatic nitrogens is 1. The Balaban J connectivity index is 1.48. The van der Waals surface area contributed by atoms with Gasteiger partial charge in [0.1, 0.15) is 0 Å². The molecule has 24 heavy (non-hydrogen) atoms. The molecule has 2 aromatic carbocycles. The molecule has 0 saturated carbocycles. The SMILES string of the molecule is OC(CCc1cccnc1)CSc1ccc(-c2ccccc2)cc1. The van der Waals surface area contributed by atoms with Crippen LogP contribution >= 0.6 is 11.8 Å². The molecule has 1 heterocycles. The zero-order valence-electron chi connectivity index (χ0n) is 13.5. The molecule has 1 atom stereocenters. The molecule has 1 aromatic heterocycles. The van der Waals surface area contributed by atoms with Crippen LogP contribution in [0.1, 0.15) is 12.0 Å². The van der Waals surface area contributed by atoms with E-state index in [4.69, 9.17) is 0 Å². The summed E-state index contributed by atoms with van der Waals surface area (Å²) in [5.41, 5.74) is 3.62. The van der Waals surface area contributed by atoms with E-state index >= 15 is 0 Å². The number of rotatable bonds is 7. The molecular formula is C21H21NOS. The van der Waals surface area contributed by atoms with Crippen LogP contribution in [0.3, 0.4) is 0 Å². The van der Waals surface area contributed by atoms with Gasteiger partial charge in [-0.05, 0) is 47.7 Å². The molecule has 122 valence electrons. The Morgan fingerprint density at radius 3 is 2.33 bits per heavy atom. The second-order valence-electron chi connectivity index (χ2n) is 5.76. The van der Waals surface area contributed by atoms with Crippen molar-refractivity contribution in [2.24, 2.45) is 0 Å². The van der Waals surface area contributed by atoms with E-state index in [9.17, 15) is 5.11 Å². The minimum absolute atomic E-state index is 0.302. The topological polar surface area (TPSA) is 33.1 Å². The van der Waals surface area contributed by atoms with Crippen molar-refractivity contribution in [3.63, 3.8) is 0 Å². The minimum Gasteiger partial charge on any atom is -0.392 e. The highest BCUT2D eigenvalue weighted by atomic mass is 32.2. The van der Waals surface area contributed by atoms with Gasteiger partial charge in [-0.15, -0.1) is 11.8 Å². The predicted molar refractivity (Wildman–Crippen MR) is 101 cm³/mol. The molecule has 0 fully saturated rings. The second-order valence-corrected chi connectivity index (χ2v) is 6.85. The number of pyridine rings is 1. The third kappa shape index (κ3) is 4.95. The van der Waals surface area contributed by atoms with E-state index in [1.165, 1.54) is 21.6 Å². The molecule has 0 aliphatic rings. The molecule has 0 bridgehead atoms. The van der Waals surface area contributed by atoms with E-state index in [0.29, 0.717) is 5.75 Å². The van der Waals surface area contributed by atoms with E-state index in [1.54, 1.807) is 18.0 Å². The number of aliphatic hydroxyl groups is 1. The van der Waals surface area contributed by atoms with Crippen LogP contribution in [0, 0.1) is 0 Å². The number of thioether (sulfide) groups is 1. The Hall–Kier alpha value is -2.10. The fraction of sp³-hybridized carbons (Fsp3) is 0.190. The Bertz CT molecular complexity index is 729.